The lowest BCUT2D eigenvalue weighted by atomic mass is 10.4. The van der Waals surface area contributed by atoms with Gasteiger partial charge in [-0.1, -0.05) is 39.0 Å². The summed E-state index contributed by atoms with van der Waals surface area (Å²) in [5, 5.41) is 8.06. The predicted molar refractivity (Wildman–Crippen MR) is 74.1 cm³/mol. The Labute approximate surface area is 121 Å². The lowest BCUT2D eigenvalue weighted by molar-refractivity contribution is 0.0525. The molecular weight excluding hydrogens is 336 g/mol. The van der Waals surface area contributed by atoms with Crippen molar-refractivity contribution in [2.75, 3.05) is 6.61 Å². The van der Waals surface area contributed by atoms with Gasteiger partial charge in [0.05, 0.1) is 6.61 Å². The first-order chi connectivity index (χ1) is 8.69. The Bertz CT molecular complexity index is 542. The van der Waals surface area contributed by atoms with Crippen LogP contribution in [0.15, 0.2) is 38.0 Å². The van der Waals surface area contributed by atoms with E-state index < -0.39 is 5.97 Å². The number of halogens is 1. The minimum Gasteiger partial charge on any atom is -0.461 e. The Morgan fingerprint density at radius 3 is 2.78 bits per heavy atom. The molecule has 0 saturated heterocycles. The maximum atomic E-state index is 11.4. The van der Waals surface area contributed by atoms with Gasteiger partial charge >= 0.3 is 5.97 Å². The Morgan fingerprint density at radius 2 is 2.11 bits per heavy atom. The molecule has 7 heteroatoms. The highest BCUT2D eigenvalue weighted by atomic mass is 79.9. The average Bonchev–Trinajstić information content (AvgIpc) is 2.81. The average molecular weight is 345 g/mol. The molecule has 0 atom stereocenters. The van der Waals surface area contributed by atoms with E-state index in [1.807, 2.05) is 24.3 Å². The second-order valence-corrected chi connectivity index (χ2v) is 6.36. The van der Waals surface area contributed by atoms with Crippen molar-refractivity contribution in [3.8, 4) is 0 Å². The largest absolute Gasteiger partial charge is 0.461 e. The molecule has 0 fully saturated rings. The quantitative estimate of drug-likeness (QED) is 0.792. The summed E-state index contributed by atoms with van der Waals surface area (Å²) < 4.78 is 6.61. The van der Waals surface area contributed by atoms with Crippen LogP contribution in [0.2, 0.25) is 0 Å². The van der Waals surface area contributed by atoms with Crippen LogP contribution in [0, 0.1) is 0 Å². The molecule has 18 heavy (non-hydrogen) atoms. The van der Waals surface area contributed by atoms with Crippen molar-refractivity contribution in [1.29, 1.82) is 0 Å². The van der Waals surface area contributed by atoms with Gasteiger partial charge < -0.3 is 4.74 Å². The number of carbonyl (C=O) groups is 1. The number of nitrogens with zero attached hydrogens (tertiary/aromatic N) is 2. The van der Waals surface area contributed by atoms with E-state index in [1.165, 1.54) is 23.1 Å². The molecule has 0 aliphatic rings. The molecule has 0 radical (unpaired) electrons. The number of carbonyl (C=O) groups excluding carboxylic acids is 1. The summed E-state index contributed by atoms with van der Waals surface area (Å²) in [6, 6.07) is 7.85. The van der Waals surface area contributed by atoms with Gasteiger partial charge in [-0.25, -0.2) is 4.79 Å². The van der Waals surface area contributed by atoms with Gasteiger partial charge in [0.25, 0.3) is 0 Å². The summed E-state index contributed by atoms with van der Waals surface area (Å²) in [5.41, 5.74) is 0. The minimum absolute atomic E-state index is 0.288. The number of rotatable bonds is 4. The highest BCUT2D eigenvalue weighted by Gasteiger charge is 2.14. The zero-order chi connectivity index (χ0) is 13.0. The lowest BCUT2D eigenvalue weighted by Crippen LogP contribution is -2.03. The van der Waals surface area contributed by atoms with Gasteiger partial charge in [0.2, 0.25) is 5.01 Å². The third-order valence-corrected chi connectivity index (χ3v) is 4.37. The zero-order valence-corrected chi connectivity index (χ0v) is 12.6. The predicted octanol–water partition coefficient (Wildman–Crippen LogP) is 3.63. The molecule has 1 aromatic carbocycles. The van der Waals surface area contributed by atoms with Crippen LogP contribution in [0.4, 0.5) is 0 Å². The Kier molecular flexibility index (Phi) is 4.73. The Balaban J connectivity index is 2.06. The molecule has 2 aromatic rings. The number of hydrogen-bond donors (Lipinski definition) is 0. The van der Waals surface area contributed by atoms with Crippen LogP contribution in [0.25, 0.3) is 0 Å². The van der Waals surface area contributed by atoms with Crippen molar-refractivity contribution in [2.45, 2.75) is 16.2 Å². The van der Waals surface area contributed by atoms with Crippen molar-refractivity contribution < 1.29 is 9.53 Å². The minimum atomic E-state index is -0.419. The van der Waals surface area contributed by atoms with E-state index in [2.05, 4.69) is 26.1 Å². The number of ether oxygens (including phenoxy) is 1. The third kappa shape index (κ3) is 3.54. The molecule has 0 unspecified atom stereocenters. The van der Waals surface area contributed by atoms with Gasteiger partial charge in [-0.15, -0.1) is 10.2 Å². The second kappa shape index (κ2) is 6.31. The second-order valence-electron chi connectivity index (χ2n) is 3.15. The summed E-state index contributed by atoms with van der Waals surface area (Å²) in [7, 11) is 0. The van der Waals surface area contributed by atoms with Gasteiger partial charge in [0, 0.05) is 9.37 Å². The summed E-state index contributed by atoms with van der Waals surface area (Å²) in [6.45, 7) is 2.10. The van der Waals surface area contributed by atoms with Crippen LogP contribution in [-0.2, 0) is 4.74 Å². The van der Waals surface area contributed by atoms with E-state index in [4.69, 9.17) is 4.74 Å². The summed E-state index contributed by atoms with van der Waals surface area (Å²) >= 11 is 6.08. The van der Waals surface area contributed by atoms with Crippen molar-refractivity contribution in [3.63, 3.8) is 0 Å². The molecule has 0 N–H and O–H groups in total. The van der Waals surface area contributed by atoms with E-state index in [0.717, 1.165) is 13.7 Å². The molecule has 2 rings (SSSR count). The fourth-order valence-corrected chi connectivity index (χ4v) is 3.11. The smallest absolute Gasteiger partial charge is 0.369 e. The topological polar surface area (TPSA) is 52.1 Å². The molecule has 4 nitrogen and oxygen atoms in total. The van der Waals surface area contributed by atoms with Crippen molar-refractivity contribution >= 4 is 45.0 Å². The summed E-state index contributed by atoms with van der Waals surface area (Å²) in [5.74, 6) is -0.419. The van der Waals surface area contributed by atoms with Crippen molar-refractivity contribution in [1.82, 2.24) is 10.2 Å². The van der Waals surface area contributed by atoms with Gasteiger partial charge in [0.15, 0.2) is 4.34 Å². The lowest BCUT2D eigenvalue weighted by Gasteiger charge is -1.96. The fourth-order valence-electron chi connectivity index (χ4n) is 1.13. The first kappa shape index (κ1) is 13.5. The first-order valence-corrected chi connectivity index (χ1v) is 7.55. The molecule has 0 saturated carbocycles. The van der Waals surface area contributed by atoms with Gasteiger partial charge in [-0.3, -0.25) is 0 Å². The van der Waals surface area contributed by atoms with Crippen LogP contribution in [0.3, 0.4) is 0 Å². The summed E-state index contributed by atoms with van der Waals surface area (Å²) in [4.78, 5) is 12.5. The van der Waals surface area contributed by atoms with Gasteiger partial charge in [-0.2, -0.15) is 0 Å². The van der Waals surface area contributed by atoms with E-state index in [9.17, 15) is 4.79 Å². The number of esters is 1. The number of benzene rings is 1. The SMILES string of the molecule is CCOC(=O)c1nnc(Sc2ccc(Br)cc2)s1. The molecule has 0 amide bonds. The zero-order valence-electron chi connectivity index (χ0n) is 9.42. The number of aromatic nitrogens is 2. The Morgan fingerprint density at radius 1 is 1.39 bits per heavy atom. The highest BCUT2D eigenvalue weighted by Crippen LogP contribution is 2.30. The summed E-state index contributed by atoms with van der Waals surface area (Å²) in [6.07, 6.45) is 0. The normalized spacial score (nSPS) is 10.3. The third-order valence-electron chi connectivity index (χ3n) is 1.88. The fraction of sp³-hybridized carbons (Fsp3) is 0.182. The van der Waals surface area contributed by atoms with Crippen LogP contribution in [-0.4, -0.2) is 22.8 Å². The molecule has 0 aliphatic heterocycles. The van der Waals surface area contributed by atoms with E-state index in [0.29, 0.717) is 6.61 Å². The molecule has 0 aliphatic carbocycles. The van der Waals surface area contributed by atoms with E-state index in [1.54, 1.807) is 6.92 Å². The van der Waals surface area contributed by atoms with Crippen LogP contribution < -0.4 is 0 Å². The molecular formula is C11H9BrN2O2S2. The maximum absolute atomic E-state index is 11.4. The highest BCUT2D eigenvalue weighted by molar-refractivity contribution is 9.10. The Hall–Kier alpha value is -0.920. The maximum Gasteiger partial charge on any atom is 0.369 e. The van der Waals surface area contributed by atoms with Gasteiger partial charge in [0.1, 0.15) is 0 Å². The number of hydrogen-bond acceptors (Lipinski definition) is 6. The van der Waals surface area contributed by atoms with Crippen molar-refractivity contribution in [2.24, 2.45) is 0 Å². The van der Waals surface area contributed by atoms with E-state index in [-0.39, 0.29) is 5.01 Å². The van der Waals surface area contributed by atoms with E-state index >= 15 is 0 Å². The molecule has 94 valence electrons. The molecule has 1 aromatic heterocycles. The standard InChI is InChI=1S/C11H9BrN2O2S2/c1-2-16-10(15)9-13-14-11(18-9)17-8-5-3-7(12)4-6-8/h3-6H,2H2,1H3. The molecule has 0 spiro atoms. The first-order valence-electron chi connectivity index (χ1n) is 5.13. The van der Waals surface area contributed by atoms with Crippen LogP contribution in [0.5, 0.6) is 0 Å². The molecule has 1 heterocycles. The monoisotopic (exact) mass is 344 g/mol. The van der Waals surface area contributed by atoms with Gasteiger partial charge in [-0.05, 0) is 31.2 Å². The van der Waals surface area contributed by atoms with Crippen LogP contribution >= 0.6 is 39.0 Å². The van der Waals surface area contributed by atoms with Crippen molar-refractivity contribution in [3.05, 3.63) is 33.7 Å². The van der Waals surface area contributed by atoms with Crippen LogP contribution in [0.1, 0.15) is 16.7 Å². The molecule has 0 bridgehead atoms.